The Labute approximate surface area is 143 Å². The highest BCUT2D eigenvalue weighted by Crippen LogP contribution is 2.12. The Hall–Kier alpha value is -1.94. The van der Waals surface area contributed by atoms with Crippen molar-refractivity contribution in [2.45, 2.75) is 24.4 Å². The van der Waals surface area contributed by atoms with E-state index in [0.717, 1.165) is 5.56 Å². The highest BCUT2D eigenvalue weighted by molar-refractivity contribution is 5.35. The molecule has 4 atom stereocenters. The molecule has 0 bridgehead atoms. The average Bonchev–Trinajstić information content (AvgIpc) is 2.61. The Bertz CT molecular complexity index is 554. The van der Waals surface area contributed by atoms with Crippen LogP contribution in [-0.4, -0.2) is 69.4 Å². The fourth-order valence-corrected chi connectivity index (χ4v) is 2.23. The second kappa shape index (κ2) is 10.8. The summed E-state index contributed by atoms with van der Waals surface area (Å²) in [4.78, 5) is 1.77. The molecule has 0 aliphatic rings. The van der Waals surface area contributed by atoms with Crippen LogP contribution in [0.5, 0.6) is 0 Å². The number of hydrogen-bond donors (Lipinski definition) is 4. The quantitative estimate of drug-likeness (QED) is 0.383. The molecule has 4 N–H and O–H groups in total. The zero-order valence-electron chi connectivity index (χ0n) is 13.6. The van der Waals surface area contributed by atoms with Crippen molar-refractivity contribution in [3.8, 4) is 11.8 Å². The van der Waals surface area contributed by atoms with E-state index in [9.17, 15) is 15.3 Å². The third-order valence-corrected chi connectivity index (χ3v) is 3.51. The van der Waals surface area contributed by atoms with Crippen molar-refractivity contribution in [1.82, 2.24) is 4.90 Å². The molecular weight excluding hydrogens is 306 g/mol. The molecule has 0 saturated carbocycles. The minimum Gasteiger partial charge on any atom is -0.394 e. The van der Waals surface area contributed by atoms with E-state index < -0.39 is 31.0 Å². The highest BCUT2D eigenvalue weighted by Gasteiger charge is 2.33. The summed E-state index contributed by atoms with van der Waals surface area (Å²) in [5.41, 5.74) is 0.768. The average molecular weight is 331 g/mol. The van der Waals surface area contributed by atoms with Crippen molar-refractivity contribution in [3.05, 3.63) is 61.2 Å². The zero-order chi connectivity index (χ0) is 17.9. The highest BCUT2D eigenvalue weighted by atomic mass is 16.4. The van der Waals surface area contributed by atoms with E-state index in [4.69, 9.17) is 5.11 Å². The summed E-state index contributed by atoms with van der Waals surface area (Å²) in [6, 6.07) is 8.48. The van der Waals surface area contributed by atoms with Gasteiger partial charge >= 0.3 is 0 Å². The fraction of sp³-hybridized carbons (Fsp3) is 0.368. The maximum absolute atomic E-state index is 10.4. The van der Waals surface area contributed by atoms with E-state index in [0.29, 0.717) is 13.1 Å². The molecule has 0 aliphatic heterocycles. The molecule has 0 saturated heterocycles. The Morgan fingerprint density at radius 3 is 2.08 bits per heavy atom. The summed E-state index contributed by atoms with van der Waals surface area (Å²) in [7, 11) is 0. The van der Waals surface area contributed by atoms with Gasteiger partial charge in [-0.25, -0.2) is 0 Å². The minimum absolute atomic E-state index is 0.416. The first-order valence-electron chi connectivity index (χ1n) is 7.72. The smallest absolute Gasteiger partial charge is 0.110 e. The van der Waals surface area contributed by atoms with E-state index >= 15 is 0 Å². The summed E-state index contributed by atoms with van der Waals surface area (Å²) in [5.74, 6) is 5.90. The Morgan fingerprint density at radius 2 is 1.58 bits per heavy atom. The lowest BCUT2D eigenvalue weighted by molar-refractivity contribution is -0.0922. The molecule has 1 aromatic rings. The molecule has 1 unspecified atom stereocenters. The zero-order valence-corrected chi connectivity index (χ0v) is 13.6. The molecule has 5 nitrogen and oxygen atoms in total. The van der Waals surface area contributed by atoms with Crippen LogP contribution in [0, 0.1) is 11.8 Å². The van der Waals surface area contributed by atoms with Crippen molar-refractivity contribution < 1.29 is 20.4 Å². The van der Waals surface area contributed by atoms with Crippen molar-refractivity contribution in [1.29, 1.82) is 0 Å². The van der Waals surface area contributed by atoms with Crippen molar-refractivity contribution in [2.24, 2.45) is 0 Å². The summed E-state index contributed by atoms with van der Waals surface area (Å²) in [5, 5.41) is 39.1. The van der Waals surface area contributed by atoms with Crippen LogP contribution in [0.25, 0.3) is 0 Å². The molecule has 0 spiro atoms. The van der Waals surface area contributed by atoms with Crippen LogP contribution < -0.4 is 0 Å². The molecule has 0 heterocycles. The maximum atomic E-state index is 10.4. The SMILES string of the molecule is C=CCN(CC=C)C(C#Cc1ccccc1)[C@@H](O)[C@H](O)[C@H](O)CO. The third-order valence-electron chi connectivity index (χ3n) is 3.51. The van der Waals surface area contributed by atoms with Gasteiger partial charge in [-0.05, 0) is 12.1 Å². The summed E-state index contributed by atoms with van der Waals surface area (Å²) >= 11 is 0. The van der Waals surface area contributed by atoms with E-state index in [1.54, 1.807) is 17.1 Å². The van der Waals surface area contributed by atoms with Gasteiger partial charge in [0.05, 0.1) is 6.61 Å². The predicted molar refractivity (Wildman–Crippen MR) is 94.2 cm³/mol. The molecule has 0 aliphatic carbocycles. The molecule has 0 aromatic heterocycles. The van der Waals surface area contributed by atoms with E-state index in [-0.39, 0.29) is 0 Å². The van der Waals surface area contributed by atoms with Gasteiger partial charge in [-0.1, -0.05) is 42.2 Å². The first-order valence-corrected chi connectivity index (χ1v) is 7.72. The largest absolute Gasteiger partial charge is 0.394 e. The van der Waals surface area contributed by atoms with E-state index in [2.05, 4.69) is 25.0 Å². The monoisotopic (exact) mass is 331 g/mol. The van der Waals surface area contributed by atoms with Crippen LogP contribution in [-0.2, 0) is 0 Å². The van der Waals surface area contributed by atoms with Gasteiger partial charge in [0, 0.05) is 18.7 Å². The Morgan fingerprint density at radius 1 is 1.00 bits per heavy atom. The molecule has 0 fully saturated rings. The number of aliphatic hydroxyl groups is 4. The fourth-order valence-electron chi connectivity index (χ4n) is 2.23. The van der Waals surface area contributed by atoms with Gasteiger partial charge in [0.2, 0.25) is 0 Å². The van der Waals surface area contributed by atoms with Gasteiger partial charge in [0.1, 0.15) is 24.4 Å². The number of nitrogens with zero attached hydrogens (tertiary/aromatic N) is 1. The lowest BCUT2D eigenvalue weighted by Crippen LogP contribution is -2.52. The molecule has 5 heteroatoms. The Balaban J connectivity index is 3.12. The molecule has 0 amide bonds. The van der Waals surface area contributed by atoms with Gasteiger partial charge in [-0.2, -0.15) is 0 Å². The standard InChI is InChI=1S/C19H25NO4/c1-3-12-20(13-4-2)16(18(23)19(24)17(22)14-21)11-10-15-8-6-5-7-9-15/h3-9,16-19,21-24H,1-2,12-14H2/t16?,17-,18-,19-/m1/s1. The maximum Gasteiger partial charge on any atom is 0.110 e. The lowest BCUT2D eigenvalue weighted by atomic mass is 9.99. The second-order valence-corrected chi connectivity index (χ2v) is 5.34. The minimum atomic E-state index is -1.53. The van der Waals surface area contributed by atoms with Gasteiger partial charge in [0.15, 0.2) is 0 Å². The molecule has 24 heavy (non-hydrogen) atoms. The van der Waals surface area contributed by atoms with Gasteiger partial charge in [-0.15, -0.1) is 13.2 Å². The second-order valence-electron chi connectivity index (χ2n) is 5.34. The summed E-state index contributed by atoms with van der Waals surface area (Å²) in [6.07, 6.45) is -1.04. The van der Waals surface area contributed by atoms with Gasteiger partial charge in [-0.3, -0.25) is 4.90 Å². The number of aliphatic hydroxyl groups excluding tert-OH is 4. The third kappa shape index (κ3) is 5.93. The van der Waals surface area contributed by atoms with Crippen LogP contribution in [0.3, 0.4) is 0 Å². The molecule has 1 rings (SSSR count). The number of benzene rings is 1. The molecule has 1 aromatic carbocycles. The molecule has 130 valence electrons. The van der Waals surface area contributed by atoms with Crippen molar-refractivity contribution in [3.63, 3.8) is 0 Å². The predicted octanol–water partition coefficient (Wildman–Crippen LogP) is 0.156. The normalized spacial score (nSPS) is 15.7. The van der Waals surface area contributed by atoms with Crippen molar-refractivity contribution in [2.75, 3.05) is 19.7 Å². The number of rotatable bonds is 9. The van der Waals surface area contributed by atoms with Crippen LogP contribution in [0.1, 0.15) is 5.56 Å². The van der Waals surface area contributed by atoms with Crippen LogP contribution in [0.15, 0.2) is 55.6 Å². The lowest BCUT2D eigenvalue weighted by Gasteiger charge is -2.33. The van der Waals surface area contributed by atoms with Crippen molar-refractivity contribution >= 4 is 0 Å². The number of hydrogen-bond acceptors (Lipinski definition) is 5. The van der Waals surface area contributed by atoms with Crippen LogP contribution >= 0.6 is 0 Å². The molecular formula is C19H25NO4. The summed E-state index contributed by atoms with van der Waals surface area (Å²) < 4.78 is 0. The summed E-state index contributed by atoms with van der Waals surface area (Å²) in [6.45, 7) is 7.54. The molecule has 0 radical (unpaired) electrons. The van der Waals surface area contributed by atoms with Gasteiger partial charge in [0.25, 0.3) is 0 Å². The van der Waals surface area contributed by atoms with E-state index in [1.807, 2.05) is 30.3 Å². The first kappa shape index (κ1) is 20.1. The van der Waals surface area contributed by atoms with Crippen LogP contribution in [0.2, 0.25) is 0 Å². The first-order chi connectivity index (χ1) is 11.5. The van der Waals surface area contributed by atoms with Gasteiger partial charge < -0.3 is 20.4 Å². The van der Waals surface area contributed by atoms with E-state index in [1.165, 1.54) is 0 Å². The topological polar surface area (TPSA) is 84.2 Å². The Kier molecular flexibility index (Phi) is 9.02. The van der Waals surface area contributed by atoms with Crippen LogP contribution in [0.4, 0.5) is 0 Å².